The molecule has 0 unspecified atom stereocenters. The van der Waals surface area contributed by atoms with E-state index in [1.165, 1.54) is 6.33 Å². The van der Waals surface area contributed by atoms with E-state index >= 15 is 0 Å². The van der Waals surface area contributed by atoms with E-state index in [0.29, 0.717) is 4.77 Å². The number of aromatic nitrogens is 5. The molecule has 13 heavy (non-hydrogen) atoms. The lowest BCUT2D eigenvalue weighted by Crippen LogP contribution is -1.98. The Hall–Kier alpha value is -1.56. The summed E-state index contributed by atoms with van der Waals surface area (Å²) in [6, 6.07) is 0. The van der Waals surface area contributed by atoms with Gasteiger partial charge in [0.25, 0.3) is 0 Å². The number of aryl methyl sites for hydroxylation is 1. The molecule has 0 radical (unpaired) electrons. The van der Waals surface area contributed by atoms with E-state index in [-0.39, 0.29) is 0 Å². The molecule has 2 heterocycles. The van der Waals surface area contributed by atoms with Gasteiger partial charge in [-0.05, 0) is 19.1 Å². The van der Waals surface area contributed by atoms with E-state index in [1.807, 2.05) is 6.92 Å². The molecule has 1 N–H and O–H groups in total. The monoisotopic (exact) mass is 193 g/mol. The maximum Gasteiger partial charge on any atom is 0.199 e. The van der Waals surface area contributed by atoms with Gasteiger partial charge in [-0.3, -0.25) is 9.67 Å². The zero-order valence-electron chi connectivity index (χ0n) is 6.93. The minimum absolute atomic E-state index is 0.548. The highest BCUT2D eigenvalue weighted by Gasteiger charge is 2.02. The number of nitrogens with zero attached hydrogens (tertiary/aromatic N) is 4. The maximum atomic E-state index is 5.04. The quantitative estimate of drug-likeness (QED) is 0.687. The highest BCUT2D eigenvalue weighted by molar-refractivity contribution is 7.71. The van der Waals surface area contributed by atoms with Crippen molar-refractivity contribution in [1.29, 1.82) is 0 Å². The van der Waals surface area contributed by atoms with Crippen LogP contribution in [-0.2, 0) is 0 Å². The van der Waals surface area contributed by atoms with Crippen LogP contribution < -0.4 is 0 Å². The summed E-state index contributed by atoms with van der Waals surface area (Å²) >= 11 is 5.04. The van der Waals surface area contributed by atoms with E-state index in [9.17, 15) is 0 Å². The first-order chi connectivity index (χ1) is 6.29. The molecule has 2 aromatic rings. The van der Waals surface area contributed by atoms with Crippen LogP contribution in [0, 0.1) is 11.7 Å². The Labute approximate surface area is 79.5 Å². The second-order valence-corrected chi connectivity index (χ2v) is 2.89. The van der Waals surface area contributed by atoms with Crippen LogP contribution >= 0.6 is 12.2 Å². The van der Waals surface area contributed by atoms with Crippen LogP contribution in [0.1, 0.15) is 5.82 Å². The summed E-state index contributed by atoms with van der Waals surface area (Å²) in [5, 5.41) is 6.68. The van der Waals surface area contributed by atoms with Gasteiger partial charge >= 0.3 is 0 Å². The molecule has 6 heteroatoms. The highest BCUT2D eigenvalue weighted by Crippen LogP contribution is 2.06. The van der Waals surface area contributed by atoms with Crippen LogP contribution in [0.4, 0.5) is 0 Å². The molecule has 0 atom stereocenters. The molecule has 2 rings (SSSR count). The van der Waals surface area contributed by atoms with Crippen LogP contribution in [0.2, 0.25) is 0 Å². The van der Waals surface area contributed by atoms with Crippen molar-refractivity contribution in [3.8, 4) is 5.69 Å². The Bertz CT molecular complexity index is 457. The van der Waals surface area contributed by atoms with Crippen molar-refractivity contribution in [2.24, 2.45) is 0 Å². The van der Waals surface area contributed by atoms with Gasteiger partial charge in [0, 0.05) is 0 Å². The van der Waals surface area contributed by atoms with Crippen molar-refractivity contribution in [2.75, 3.05) is 0 Å². The molecule has 0 bridgehead atoms. The molecule has 0 saturated heterocycles. The molecule has 0 aliphatic carbocycles. The molecule has 2 aromatic heterocycles. The second-order valence-electron chi connectivity index (χ2n) is 2.51. The van der Waals surface area contributed by atoms with Gasteiger partial charge in [0.2, 0.25) is 0 Å². The molecule has 0 saturated carbocycles. The first-order valence-corrected chi connectivity index (χ1v) is 4.09. The van der Waals surface area contributed by atoms with Gasteiger partial charge in [0.15, 0.2) is 4.77 Å². The Kier molecular flexibility index (Phi) is 1.90. The van der Waals surface area contributed by atoms with E-state index < -0.39 is 0 Å². The topological polar surface area (TPSA) is 59.4 Å². The predicted molar refractivity (Wildman–Crippen MR) is 49.1 cm³/mol. The van der Waals surface area contributed by atoms with Gasteiger partial charge in [-0.1, -0.05) is 0 Å². The number of H-pyrrole nitrogens is 1. The lowest BCUT2D eigenvalue weighted by molar-refractivity contribution is 0.939. The summed E-state index contributed by atoms with van der Waals surface area (Å²) in [5.74, 6) is 0.791. The zero-order chi connectivity index (χ0) is 9.26. The third-order valence-electron chi connectivity index (χ3n) is 1.65. The van der Waals surface area contributed by atoms with E-state index in [2.05, 4.69) is 20.2 Å². The maximum absolute atomic E-state index is 5.04. The van der Waals surface area contributed by atoms with Gasteiger partial charge in [0.1, 0.15) is 12.2 Å². The van der Waals surface area contributed by atoms with E-state index in [1.54, 1.807) is 17.0 Å². The fraction of sp³-hybridized carbons (Fsp3) is 0.143. The first kappa shape index (κ1) is 8.06. The molecule has 0 fully saturated rings. The number of aromatic amines is 1. The number of nitrogens with one attached hydrogen (secondary N) is 1. The number of hydrogen-bond donors (Lipinski definition) is 1. The van der Waals surface area contributed by atoms with Crippen molar-refractivity contribution < 1.29 is 0 Å². The SMILES string of the molecule is Cc1n[nH]c(=S)n1-c1cncnc1. The Morgan fingerprint density at radius 1 is 1.38 bits per heavy atom. The molecule has 0 aliphatic rings. The third kappa shape index (κ3) is 1.35. The lowest BCUT2D eigenvalue weighted by Gasteiger charge is -2.00. The average Bonchev–Trinajstić information content (AvgIpc) is 2.48. The predicted octanol–water partition coefficient (Wildman–Crippen LogP) is 1.03. The molecule has 0 aromatic carbocycles. The summed E-state index contributed by atoms with van der Waals surface area (Å²) in [4.78, 5) is 7.81. The molecule has 0 spiro atoms. The highest BCUT2D eigenvalue weighted by atomic mass is 32.1. The van der Waals surface area contributed by atoms with Gasteiger partial charge < -0.3 is 0 Å². The van der Waals surface area contributed by atoms with Gasteiger partial charge in [-0.2, -0.15) is 5.10 Å². The average molecular weight is 193 g/mol. The van der Waals surface area contributed by atoms with Crippen LogP contribution in [0.5, 0.6) is 0 Å². The minimum atomic E-state index is 0.548. The summed E-state index contributed by atoms with van der Waals surface area (Å²) in [6.07, 6.45) is 4.85. The second kappa shape index (κ2) is 3.06. The summed E-state index contributed by atoms with van der Waals surface area (Å²) < 4.78 is 2.32. The summed E-state index contributed by atoms with van der Waals surface area (Å²) in [5.41, 5.74) is 0.818. The van der Waals surface area contributed by atoms with Crippen LogP contribution in [0.3, 0.4) is 0 Å². The van der Waals surface area contributed by atoms with Crippen LogP contribution in [0.25, 0.3) is 5.69 Å². The van der Waals surface area contributed by atoms with Gasteiger partial charge in [0.05, 0.1) is 18.1 Å². The Morgan fingerprint density at radius 3 is 2.62 bits per heavy atom. The number of hydrogen-bond acceptors (Lipinski definition) is 4. The molecule has 5 nitrogen and oxygen atoms in total. The lowest BCUT2D eigenvalue weighted by atomic mass is 10.5. The van der Waals surface area contributed by atoms with Crippen molar-refractivity contribution in [1.82, 2.24) is 24.7 Å². The van der Waals surface area contributed by atoms with E-state index in [0.717, 1.165) is 11.5 Å². The van der Waals surface area contributed by atoms with Crippen LogP contribution in [-0.4, -0.2) is 24.7 Å². The molecular formula is C7H7N5S. The molecular weight excluding hydrogens is 186 g/mol. The fourth-order valence-electron chi connectivity index (χ4n) is 1.09. The smallest absolute Gasteiger partial charge is 0.199 e. The van der Waals surface area contributed by atoms with Gasteiger partial charge in [-0.15, -0.1) is 0 Å². The van der Waals surface area contributed by atoms with Gasteiger partial charge in [-0.25, -0.2) is 9.97 Å². The largest absolute Gasteiger partial charge is 0.269 e. The van der Waals surface area contributed by atoms with Crippen LogP contribution in [0.15, 0.2) is 18.7 Å². The molecule has 0 amide bonds. The Balaban J connectivity index is 2.65. The Morgan fingerprint density at radius 2 is 2.08 bits per heavy atom. The fourth-order valence-corrected chi connectivity index (χ4v) is 1.37. The minimum Gasteiger partial charge on any atom is -0.269 e. The molecule has 66 valence electrons. The van der Waals surface area contributed by atoms with E-state index in [4.69, 9.17) is 12.2 Å². The van der Waals surface area contributed by atoms with Crippen molar-refractivity contribution in [2.45, 2.75) is 6.92 Å². The zero-order valence-corrected chi connectivity index (χ0v) is 7.75. The third-order valence-corrected chi connectivity index (χ3v) is 1.92. The summed E-state index contributed by atoms with van der Waals surface area (Å²) in [7, 11) is 0. The molecule has 0 aliphatic heterocycles. The first-order valence-electron chi connectivity index (χ1n) is 3.68. The number of rotatable bonds is 1. The van der Waals surface area contributed by atoms with Crippen molar-refractivity contribution >= 4 is 12.2 Å². The van der Waals surface area contributed by atoms with Crippen molar-refractivity contribution in [3.63, 3.8) is 0 Å². The normalized spacial score (nSPS) is 10.2. The summed E-state index contributed by atoms with van der Waals surface area (Å²) in [6.45, 7) is 1.86. The van der Waals surface area contributed by atoms with Crippen molar-refractivity contribution in [3.05, 3.63) is 29.3 Å². The standard InChI is InChI=1S/C7H7N5S/c1-5-10-11-7(13)12(5)6-2-8-4-9-3-6/h2-4H,1H3,(H,11,13).